The Bertz CT molecular complexity index is 4050. The zero-order valence-corrected chi connectivity index (χ0v) is 52.5. The predicted molar refractivity (Wildman–Crippen MR) is 356 cm³/mol. The summed E-state index contributed by atoms with van der Waals surface area (Å²) in [5.74, 6) is 0. The van der Waals surface area contributed by atoms with Gasteiger partial charge >= 0.3 is 0 Å². The van der Waals surface area contributed by atoms with Gasteiger partial charge in [-0.1, -0.05) is 225 Å². The Labute approximate surface area is 497 Å². The van der Waals surface area contributed by atoms with Gasteiger partial charge in [-0.2, -0.15) is 0 Å². The van der Waals surface area contributed by atoms with Crippen LogP contribution in [0, 0.1) is 0 Å². The molecule has 4 unspecified atom stereocenters. The van der Waals surface area contributed by atoms with Gasteiger partial charge in [-0.3, -0.25) is 0 Å². The Morgan fingerprint density at radius 3 is 1.58 bits per heavy atom. The third-order valence-electron chi connectivity index (χ3n) is 23.2. The van der Waals surface area contributed by atoms with E-state index in [4.69, 9.17) is 0 Å². The monoisotopic (exact) mass is 1090 g/mol. The predicted octanol–water partition coefficient (Wildman–Crippen LogP) is 19.3. The lowest BCUT2D eigenvalue weighted by Gasteiger charge is -2.54. The molecule has 0 saturated heterocycles. The molecular formula is C79H86BN3. The third-order valence-corrected chi connectivity index (χ3v) is 23.2. The molecule has 420 valence electrons. The highest BCUT2D eigenvalue weighted by molar-refractivity contribution is 7.00. The fraction of sp³-hybridized carbons (Fsp3) is 0.392. The van der Waals surface area contributed by atoms with Crippen LogP contribution >= 0.6 is 0 Å². The second kappa shape index (κ2) is 17.2. The maximum Gasteiger partial charge on any atom is 0.252 e. The van der Waals surface area contributed by atoms with Crippen LogP contribution in [-0.2, 0) is 32.5 Å². The molecule has 3 nitrogen and oxygen atoms in total. The first kappa shape index (κ1) is 53.0. The Balaban J connectivity index is 1.10. The summed E-state index contributed by atoms with van der Waals surface area (Å²) < 4.78 is 0. The summed E-state index contributed by atoms with van der Waals surface area (Å²) in [7, 11) is 0. The minimum absolute atomic E-state index is 0.00115. The van der Waals surface area contributed by atoms with E-state index in [0.29, 0.717) is 0 Å². The molecule has 4 atom stereocenters. The van der Waals surface area contributed by atoms with Crippen LogP contribution in [0.15, 0.2) is 152 Å². The van der Waals surface area contributed by atoms with Crippen LogP contribution in [0.3, 0.4) is 0 Å². The molecule has 4 heteroatoms. The number of benzene rings is 8. The molecule has 0 radical (unpaired) electrons. The van der Waals surface area contributed by atoms with Crippen molar-refractivity contribution in [3.05, 3.63) is 191 Å². The zero-order chi connectivity index (χ0) is 57.9. The average Bonchev–Trinajstić information content (AvgIpc) is 1.59. The molecule has 0 amide bonds. The van der Waals surface area contributed by atoms with Crippen molar-refractivity contribution >= 4 is 62.9 Å². The van der Waals surface area contributed by atoms with Crippen molar-refractivity contribution in [2.45, 2.75) is 199 Å². The van der Waals surface area contributed by atoms with Gasteiger partial charge in [0.25, 0.3) is 6.71 Å². The Morgan fingerprint density at radius 1 is 0.373 bits per heavy atom. The molecule has 0 spiro atoms. The Hall–Kier alpha value is -6.78. The molecule has 8 aromatic carbocycles. The highest BCUT2D eigenvalue weighted by atomic mass is 15.3. The summed E-state index contributed by atoms with van der Waals surface area (Å²) in [6.07, 6.45) is 9.59. The maximum atomic E-state index is 2.99. The van der Waals surface area contributed by atoms with Crippen molar-refractivity contribution in [3.8, 4) is 33.4 Å². The SMILES string of the molecule is CC(C)(C)c1ccc(N2c3cc4c(cc3B3c5cc(C(C)(C)C)cc6c5N(c5cc(N7c8ccc(-c9ccccc9)cc8C8(C)CCCCC78C)cc2c53)C2(C)CCCCC62C)C(C)(C)c2ccc(C(C)(C)C)cc2-4)c(-c2ccccc2)c1. The summed E-state index contributed by atoms with van der Waals surface area (Å²) in [5, 5.41) is 0. The van der Waals surface area contributed by atoms with Gasteiger partial charge in [-0.25, -0.2) is 0 Å². The average molecular weight is 1090 g/mol. The number of rotatable bonds is 4. The summed E-state index contributed by atoms with van der Waals surface area (Å²) in [6, 6.07) is 61.2. The Kier molecular flexibility index (Phi) is 11.0. The lowest BCUT2D eigenvalue weighted by Crippen LogP contribution is -2.65. The largest absolute Gasteiger partial charge is 0.335 e. The summed E-state index contributed by atoms with van der Waals surface area (Å²) in [5.41, 5.74) is 31.1. The molecule has 8 aromatic rings. The maximum absolute atomic E-state index is 2.99. The standard InChI is InChI=1S/C79H86BN3/c1-72(2,3)52-31-33-59-57(42-52)58-47-67-63(48-60(58)75(59,10)11)80-64-44-54(74(7,8)9)43-62-71(64)83(79(15)39-25-23-37-77(62,79)13)69-46-55(45-68(70(69)80)81(67)65-35-32-53(73(4,5)6)41-56(65)50-28-20-17-21-29-50)82-66-34-30-51(49-26-18-16-19-27-49)40-61(66)76(12)36-22-24-38-78(76,82)14/h16-21,26-35,40-48H,22-25,36-39H2,1-15H3. The van der Waals surface area contributed by atoms with Gasteiger partial charge in [0.1, 0.15) is 0 Å². The quantitative estimate of drug-likeness (QED) is 0.163. The summed E-state index contributed by atoms with van der Waals surface area (Å²) in [4.78, 5) is 8.69. The van der Waals surface area contributed by atoms with E-state index in [2.05, 4.69) is 270 Å². The lowest BCUT2D eigenvalue weighted by atomic mass is 9.33. The molecular weight excluding hydrogens is 1000 g/mol. The number of hydrogen-bond acceptors (Lipinski definition) is 3. The van der Waals surface area contributed by atoms with Crippen LogP contribution in [0.1, 0.15) is 194 Å². The minimum atomic E-state index is -0.200. The van der Waals surface area contributed by atoms with Crippen molar-refractivity contribution in [3.63, 3.8) is 0 Å². The zero-order valence-electron chi connectivity index (χ0n) is 52.5. The number of nitrogens with zero attached hydrogens (tertiary/aromatic N) is 3. The highest BCUT2D eigenvalue weighted by Crippen LogP contribution is 2.66. The van der Waals surface area contributed by atoms with E-state index in [0.717, 1.165) is 12.8 Å². The van der Waals surface area contributed by atoms with E-state index < -0.39 is 0 Å². The van der Waals surface area contributed by atoms with E-state index in [1.54, 1.807) is 5.56 Å². The van der Waals surface area contributed by atoms with Crippen LogP contribution in [0.4, 0.5) is 39.8 Å². The molecule has 2 fully saturated rings. The Morgan fingerprint density at radius 2 is 0.928 bits per heavy atom. The number of hydrogen-bond donors (Lipinski definition) is 0. The molecule has 83 heavy (non-hydrogen) atoms. The van der Waals surface area contributed by atoms with E-state index in [9.17, 15) is 0 Å². The molecule has 15 rings (SSSR count). The fourth-order valence-electron chi connectivity index (χ4n) is 17.9. The van der Waals surface area contributed by atoms with Crippen LogP contribution in [0.2, 0.25) is 0 Å². The van der Waals surface area contributed by atoms with Crippen molar-refractivity contribution in [2.24, 2.45) is 0 Å². The van der Waals surface area contributed by atoms with Gasteiger partial charge in [0.15, 0.2) is 0 Å². The molecule has 4 heterocycles. The second-order valence-electron chi connectivity index (χ2n) is 31.2. The van der Waals surface area contributed by atoms with Gasteiger partial charge in [0.2, 0.25) is 0 Å². The third kappa shape index (κ3) is 7.11. The van der Waals surface area contributed by atoms with Gasteiger partial charge < -0.3 is 14.7 Å². The minimum Gasteiger partial charge on any atom is -0.335 e. The molecule has 0 aromatic heterocycles. The van der Waals surface area contributed by atoms with Crippen LogP contribution in [0.5, 0.6) is 0 Å². The van der Waals surface area contributed by atoms with Crippen LogP contribution < -0.4 is 31.1 Å². The van der Waals surface area contributed by atoms with E-state index in [-0.39, 0.29) is 50.3 Å². The first-order chi connectivity index (χ1) is 39.3. The van der Waals surface area contributed by atoms with Gasteiger partial charge in [-0.15, -0.1) is 0 Å². The van der Waals surface area contributed by atoms with Gasteiger partial charge in [0.05, 0.1) is 16.8 Å². The van der Waals surface area contributed by atoms with Crippen LogP contribution in [-0.4, -0.2) is 17.8 Å². The summed E-state index contributed by atoms with van der Waals surface area (Å²) in [6.45, 7) is 37.2. The summed E-state index contributed by atoms with van der Waals surface area (Å²) >= 11 is 0. The highest BCUT2D eigenvalue weighted by Gasteiger charge is 2.63. The fourth-order valence-corrected chi connectivity index (χ4v) is 17.9. The smallest absolute Gasteiger partial charge is 0.252 e. The first-order valence-corrected chi connectivity index (χ1v) is 31.8. The molecule has 0 N–H and O–H groups in total. The van der Waals surface area contributed by atoms with Crippen LogP contribution in [0.25, 0.3) is 33.4 Å². The van der Waals surface area contributed by atoms with E-state index in [1.807, 2.05) is 0 Å². The van der Waals surface area contributed by atoms with Crippen molar-refractivity contribution in [1.82, 2.24) is 0 Å². The van der Waals surface area contributed by atoms with Crippen molar-refractivity contribution in [1.29, 1.82) is 0 Å². The lowest BCUT2D eigenvalue weighted by molar-refractivity contribution is 0.194. The van der Waals surface area contributed by atoms with Gasteiger partial charge in [0, 0.05) is 55.9 Å². The molecule has 3 aliphatic carbocycles. The first-order valence-electron chi connectivity index (χ1n) is 31.8. The number of anilines is 7. The normalized spacial score (nSPS) is 24.1. The van der Waals surface area contributed by atoms with Crippen molar-refractivity contribution < 1.29 is 0 Å². The number of fused-ring (bicyclic) bond motifs is 13. The second-order valence-corrected chi connectivity index (χ2v) is 31.2. The van der Waals surface area contributed by atoms with E-state index >= 15 is 0 Å². The van der Waals surface area contributed by atoms with Gasteiger partial charge in [-0.05, 0) is 181 Å². The molecule has 2 saturated carbocycles. The molecule has 0 bridgehead atoms. The molecule has 7 aliphatic rings. The molecule has 4 aliphatic heterocycles. The topological polar surface area (TPSA) is 9.72 Å². The van der Waals surface area contributed by atoms with Crippen molar-refractivity contribution in [2.75, 3.05) is 14.7 Å². The van der Waals surface area contributed by atoms with E-state index in [1.165, 1.54) is 161 Å².